The summed E-state index contributed by atoms with van der Waals surface area (Å²) in [5, 5.41) is 3.30. The molecule has 0 spiro atoms. The summed E-state index contributed by atoms with van der Waals surface area (Å²) in [5.74, 6) is 0.0306. The minimum Gasteiger partial charge on any atom is -0.497 e. The quantitative estimate of drug-likeness (QED) is 0.517. The number of hydrogen-bond donors (Lipinski definition) is 1. The van der Waals surface area contributed by atoms with Crippen molar-refractivity contribution in [1.82, 2.24) is 5.32 Å². The summed E-state index contributed by atoms with van der Waals surface area (Å²) in [7, 11) is 1.61. The molecule has 4 rings (SSSR count). The minimum absolute atomic E-state index is 0.0951. The number of nitrogens with one attached hydrogen (secondary N) is 1. The largest absolute Gasteiger partial charge is 0.497 e. The summed E-state index contributed by atoms with van der Waals surface area (Å²) in [6.45, 7) is 3.78. The van der Waals surface area contributed by atoms with Crippen molar-refractivity contribution < 1.29 is 14.3 Å². The molecule has 0 saturated carbocycles. The van der Waals surface area contributed by atoms with Crippen molar-refractivity contribution in [1.29, 1.82) is 0 Å². The molecule has 0 amide bonds. The summed E-state index contributed by atoms with van der Waals surface area (Å²) in [5.41, 5.74) is 4.70. The van der Waals surface area contributed by atoms with Crippen LogP contribution in [-0.2, 0) is 0 Å². The van der Waals surface area contributed by atoms with Crippen molar-refractivity contribution in [3.63, 3.8) is 0 Å². The third-order valence-corrected chi connectivity index (χ3v) is 5.77. The van der Waals surface area contributed by atoms with Crippen molar-refractivity contribution in [3.05, 3.63) is 124 Å². The third kappa shape index (κ3) is 4.00. The second-order valence-corrected chi connectivity index (χ2v) is 7.80. The van der Waals surface area contributed by atoms with Crippen LogP contribution in [0.2, 0.25) is 0 Å². The molecule has 32 heavy (non-hydrogen) atoms. The van der Waals surface area contributed by atoms with E-state index in [1.807, 2.05) is 74.5 Å². The fraction of sp³-hybridized carbons (Fsp3) is 0.143. The van der Waals surface area contributed by atoms with Gasteiger partial charge in [0.2, 0.25) is 0 Å². The van der Waals surface area contributed by atoms with Gasteiger partial charge in [0.05, 0.1) is 7.11 Å². The van der Waals surface area contributed by atoms with E-state index in [9.17, 15) is 9.59 Å². The average molecular weight is 424 g/mol. The van der Waals surface area contributed by atoms with E-state index in [1.165, 1.54) is 0 Å². The lowest BCUT2D eigenvalue weighted by molar-refractivity contribution is 0.101. The second kappa shape index (κ2) is 9.06. The van der Waals surface area contributed by atoms with Crippen LogP contribution < -0.4 is 10.1 Å². The van der Waals surface area contributed by atoms with Gasteiger partial charge in [-0.1, -0.05) is 72.8 Å². The van der Waals surface area contributed by atoms with E-state index in [-0.39, 0.29) is 11.6 Å². The molecule has 1 aliphatic heterocycles. The van der Waals surface area contributed by atoms with Gasteiger partial charge in [0, 0.05) is 39.6 Å². The van der Waals surface area contributed by atoms with Crippen molar-refractivity contribution >= 4 is 11.6 Å². The molecule has 3 aromatic carbocycles. The van der Waals surface area contributed by atoms with Crippen LogP contribution in [0.5, 0.6) is 5.75 Å². The highest BCUT2D eigenvalue weighted by Gasteiger charge is 2.36. The van der Waals surface area contributed by atoms with Crippen molar-refractivity contribution in [2.45, 2.75) is 19.8 Å². The molecule has 0 aliphatic carbocycles. The lowest BCUT2D eigenvalue weighted by atomic mass is 9.75. The number of allylic oxidation sites excluding steroid dienone is 4. The maximum absolute atomic E-state index is 13.7. The van der Waals surface area contributed by atoms with Crippen LogP contribution in [0.3, 0.4) is 0 Å². The highest BCUT2D eigenvalue weighted by atomic mass is 16.5. The first-order valence-electron chi connectivity index (χ1n) is 10.5. The first-order valence-corrected chi connectivity index (χ1v) is 10.5. The zero-order valence-corrected chi connectivity index (χ0v) is 18.4. The van der Waals surface area contributed by atoms with E-state index in [1.54, 1.807) is 31.4 Å². The molecule has 1 aliphatic rings. The van der Waals surface area contributed by atoms with E-state index < -0.39 is 5.92 Å². The van der Waals surface area contributed by atoms with E-state index in [0.717, 1.165) is 22.7 Å². The van der Waals surface area contributed by atoms with Crippen LogP contribution in [0.4, 0.5) is 0 Å². The number of Topliss-reactive ketones (excluding diaryl/α,β-unsaturated/α-hetero) is 2. The lowest BCUT2D eigenvalue weighted by Crippen LogP contribution is -2.31. The molecule has 4 heteroatoms. The van der Waals surface area contributed by atoms with Crippen LogP contribution in [0.15, 0.2) is 107 Å². The molecule has 0 unspecified atom stereocenters. The number of dihydropyridines is 1. The predicted octanol–water partition coefficient (Wildman–Crippen LogP) is 5.70. The Morgan fingerprint density at radius 1 is 0.688 bits per heavy atom. The molecule has 1 N–H and O–H groups in total. The zero-order valence-electron chi connectivity index (χ0n) is 18.4. The lowest BCUT2D eigenvalue weighted by Gasteiger charge is -2.31. The van der Waals surface area contributed by atoms with Gasteiger partial charge in [-0.05, 0) is 31.5 Å². The number of carbonyl (C=O) groups is 2. The Kier molecular flexibility index (Phi) is 6.04. The van der Waals surface area contributed by atoms with E-state index >= 15 is 0 Å². The molecule has 0 bridgehead atoms. The van der Waals surface area contributed by atoms with E-state index in [4.69, 9.17) is 4.74 Å². The Balaban J connectivity index is 1.89. The van der Waals surface area contributed by atoms with Crippen molar-refractivity contribution in [3.8, 4) is 5.75 Å². The molecular formula is C28H25NO3. The summed E-state index contributed by atoms with van der Waals surface area (Å²) in [6.07, 6.45) is 0. The summed E-state index contributed by atoms with van der Waals surface area (Å²) in [6, 6.07) is 25.9. The van der Waals surface area contributed by atoms with Crippen LogP contribution in [0.25, 0.3) is 0 Å². The number of hydrogen-bond acceptors (Lipinski definition) is 4. The molecule has 160 valence electrons. The van der Waals surface area contributed by atoms with Gasteiger partial charge in [0.25, 0.3) is 0 Å². The molecule has 0 atom stereocenters. The zero-order chi connectivity index (χ0) is 22.7. The van der Waals surface area contributed by atoms with Crippen LogP contribution in [0.1, 0.15) is 46.0 Å². The molecule has 0 radical (unpaired) electrons. The number of benzene rings is 3. The second-order valence-electron chi connectivity index (χ2n) is 7.80. The SMILES string of the molecule is COc1ccc(C2C(C(=O)c3ccccc3)=C(C)NC(C)=C2C(=O)c2ccccc2)cc1. The van der Waals surface area contributed by atoms with Crippen molar-refractivity contribution in [2.75, 3.05) is 7.11 Å². The van der Waals surface area contributed by atoms with Crippen LogP contribution in [-0.4, -0.2) is 18.7 Å². The van der Waals surface area contributed by atoms with Gasteiger partial charge in [0.15, 0.2) is 11.6 Å². The van der Waals surface area contributed by atoms with E-state index in [0.29, 0.717) is 22.3 Å². The van der Waals surface area contributed by atoms with Gasteiger partial charge in [0.1, 0.15) is 5.75 Å². The van der Waals surface area contributed by atoms with Gasteiger partial charge in [-0.3, -0.25) is 9.59 Å². The topological polar surface area (TPSA) is 55.4 Å². The minimum atomic E-state index is -0.498. The summed E-state index contributed by atoms with van der Waals surface area (Å²) < 4.78 is 5.32. The fourth-order valence-corrected chi connectivity index (χ4v) is 4.22. The number of carbonyl (C=O) groups excluding carboxylic acids is 2. The van der Waals surface area contributed by atoms with Gasteiger partial charge < -0.3 is 10.1 Å². The Morgan fingerprint density at radius 3 is 1.53 bits per heavy atom. The Bertz CT molecular complexity index is 1130. The fourth-order valence-electron chi connectivity index (χ4n) is 4.22. The highest BCUT2D eigenvalue weighted by Crippen LogP contribution is 2.41. The molecule has 0 saturated heterocycles. The average Bonchev–Trinajstić information content (AvgIpc) is 2.84. The molecule has 4 nitrogen and oxygen atoms in total. The molecule has 3 aromatic rings. The van der Waals surface area contributed by atoms with Crippen molar-refractivity contribution in [2.24, 2.45) is 0 Å². The maximum atomic E-state index is 13.7. The van der Waals surface area contributed by atoms with Gasteiger partial charge in [-0.25, -0.2) is 0 Å². The third-order valence-electron chi connectivity index (χ3n) is 5.77. The smallest absolute Gasteiger partial charge is 0.191 e. The molecule has 0 aromatic heterocycles. The Labute approximate surface area is 188 Å². The van der Waals surface area contributed by atoms with E-state index in [2.05, 4.69) is 5.32 Å². The van der Waals surface area contributed by atoms with Crippen LogP contribution >= 0.6 is 0 Å². The Morgan fingerprint density at radius 2 is 1.12 bits per heavy atom. The standard InChI is InChI=1S/C28H25NO3/c1-18-24(27(30)21-10-6-4-7-11-21)26(20-14-16-23(32-3)17-15-20)25(19(2)29-18)28(31)22-12-8-5-9-13-22/h4-17,26,29H,1-3H3. The predicted molar refractivity (Wildman–Crippen MR) is 126 cm³/mol. The molecular weight excluding hydrogens is 398 g/mol. The summed E-state index contributed by atoms with van der Waals surface area (Å²) in [4.78, 5) is 27.3. The molecule has 0 fully saturated rings. The number of methoxy groups -OCH3 is 1. The number of rotatable bonds is 6. The summed E-state index contributed by atoms with van der Waals surface area (Å²) >= 11 is 0. The maximum Gasteiger partial charge on any atom is 0.191 e. The van der Waals surface area contributed by atoms with Gasteiger partial charge in [-0.2, -0.15) is 0 Å². The van der Waals surface area contributed by atoms with Gasteiger partial charge >= 0.3 is 0 Å². The Hall–Kier alpha value is -3.92. The number of ketones is 2. The van der Waals surface area contributed by atoms with Crippen LogP contribution in [0, 0.1) is 0 Å². The monoisotopic (exact) mass is 423 g/mol. The van der Waals surface area contributed by atoms with Gasteiger partial charge in [-0.15, -0.1) is 0 Å². The number of ether oxygens (including phenoxy) is 1. The normalized spacial score (nSPS) is 14.2. The first kappa shape index (κ1) is 21.3. The highest BCUT2D eigenvalue weighted by molar-refractivity contribution is 6.16. The first-order chi connectivity index (χ1) is 15.5. The molecule has 1 heterocycles.